The van der Waals surface area contributed by atoms with Crippen molar-refractivity contribution in [3.63, 3.8) is 0 Å². The molecular formula is C19H28N4O2. The third-order valence-electron chi connectivity index (χ3n) is 5.00. The van der Waals surface area contributed by atoms with Crippen LogP contribution in [0.5, 0.6) is 0 Å². The first-order valence-electron chi connectivity index (χ1n) is 9.28. The Morgan fingerprint density at radius 3 is 2.20 bits per heavy atom. The lowest BCUT2D eigenvalue weighted by atomic mass is 10.2. The van der Waals surface area contributed by atoms with Crippen LogP contribution in [0.4, 0.5) is 5.69 Å². The van der Waals surface area contributed by atoms with Gasteiger partial charge in [-0.3, -0.25) is 14.5 Å². The minimum atomic E-state index is 0.0536. The standard InChI is InChI=1S/C19H28N4O2/c24-18(20-17-6-2-1-3-7-17)8-11-21-12-14-22(15-13-21)16-19(25)23-9-4-5-10-23/h1-3,6-7H,4-5,8-16H2,(H,20,24). The second-order valence-electron chi connectivity index (χ2n) is 6.87. The van der Waals surface area contributed by atoms with Crippen molar-refractivity contribution in [3.05, 3.63) is 30.3 Å². The maximum Gasteiger partial charge on any atom is 0.236 e. The maximum atomic E-state index is 12.2. The number of nitrogens with zero attached hydrogens (tertiary/aromatic N) is 3. The Bertz CT molecular complexity index is 564. The van der Waals surface area contributed by atoms with Crippen molar-refractivity contribution in [2.24, 2.45) is 0 Å². The van der Waals surface area contributed by atoms with E-state index in [-0.39, 0.29) is 11.8 Å². The molecule has 25 heavy (non-hydrogen) atoms. The third kappa shape index (κ3) is 5.54. The highest BCUT2D eigenvalue weighted by Gasteiger charge is 2.23. The van der Waals surface area contributed by atoms with E-state index in [1.165, 1.54) is 0 Å². The molecule has 0 spiro atoms. The van der Waals surface area contributed by atoms with E-state index < -0.39 is 0 Å². The van der Waals surface area contributed by atoms with E-state index in [0.29, 0.717) is 13.0 Å². The molecule has 2 aliphatic heterocycles. The number of rotatable bonds is 6. The Balaban J connectivity index is 1.32. The van der Waals surface area contributed by atoms with Crippen LogP contribution in [0.3, 0.4) is 0 Å². The zero-order chi connectivity index (χ0) is 17.5. The number of hydrogen-bond acceptors (Lipinski definition) is 4. The van der Waals surface area contributed by atoms with Crippen molar-refractivity contribution in [3.8, 4) is 0 Å². The summed E-state index contributed by atoms with van der Waals surface area (Å²) in [7, 11) is 0. The second-order valence-corrected chi connectivity index (χ2v) is 6.87. The largest absolute Gasteiger partial charge is 0.342 e. The monoisotopic (exact) mass is 344 g/mol. The maximum absolute atomic E-state index is 12.2. The van der Waals surface area contributed by atoms with E-state index in [0.717, 1.165) is 64.3 Å². The fraction of sp³-hybridized carbons (Fsp3) is 0.579. The Labute approximate surface area is 149 Å². The van der Waals surface area contributed by atoms with Gasteiger partial charge in [-0.25, -0.2) is 0 Å². The molecule has 0 aliphatic carbocycles. The van der Waals surface area contributed by atoms with Crippen molar-refractivity contribution in [1.82, 2.24) is 14.7 Å². The molecule has 3 rings (SSSR count). The van der Waals surface area contributed by atoms with Gasteiger partial charge >= 0.3 is 0 Å². The predicted molar refractivity (Wildman–Crippen MR) is 98.4 cm³/mol. The van der Waals surface area contributed by atoms with E-state index in [1.54, 1.807) is 0 Å². The Kier molecular flexibility index (Phi) is 6.42. The van der Waals surface area contributed by atoms with Crippen LogP contribution in [0.1, 0.15) is 19.3 Å². The highest BCUT2D eigenvalue weighted by molar-refractivity contribution is 5.90. The number of benzene rings is 1. The fourth-order valence-corrected chi connectivity index (χ4v) is 3.43. The molecule has 0 atom stereocenters. The molecule has 2 saturated heterocycles. The quantitative estimate of drug-likeness (QED) is 0.844. The first-order valence-corrected chi connectivity index (χ1v) is 9.28. The van der Waals surface area contributed by atoms with Crippen molar-refractivity contribution in [1.29, 1.82) is 0 Å². The summed E-state index contributed by atoms with van der Waals surface area (Å²) in [6.45, 7) is 6.82. The van der Waals surface area contributed by atoms with E-state index in [9.17, 15) is 9.59 Å². The number of piperazine rings is 1. The third-order valence-corrected chi connectivity index (χ3v) is 5.00. The van der Waals surface area contributed by atoms with Gasteiger partial charge in [0.2, 0.25) is 11.8 Å². The van der Waals surface area contributed by atoms with Gasteiger partial charge in [0.05, 0.1) is 6.54 Å². The average Bonchev–Trinajstić information content (AvgIpc) is 3.17. The van der Waals surface area contributed by atoms with Crippen LogP contribution in [0.15, 0.2) is 30.3 Å². The summed E-state index contributed by atoms with van der Waals surface area (Å²) in [6, 6.07) is 9.56. The number of nitrogens with one attached hydrogen (secondary N) is 1. The van der Waals surface area contributed by atoms with Crippen LogP contribution < -0.4 is 5.32 Å². The molecule has 136 valence electrons. The van der Waals surface area contributed by atoms with Crippen LogP contribution >= 0.6 is 0 Å². The number of carbonyl (C=O) groups excluding carboxylic acids is 2. The van der Waals surface area contributed by atoms with Crippen LogP contribution in [-0.4, -0.2) is 78.9 Å². The first-order chi connectivity index (χ1) is 12.2. The van der Waals surface area contributed by atoms with Crippen LogP contribution in [0.2, 0.25) is 0 Å². The first kappa shape index (κ1) is 17.9. The molecule has 1 aromatic carbocycles. The number of hydrogen-bond donors (Lipinski definition) is 1. The van der Waals surface area contributed by atoms with Gasteiger partial charge in [0, 0.05) is 57.9 Å². The highest BCUT2D eigenvalue weighted by atomic mass is 16.2. The van der Waals surface area contributed by atoms with Crippen molar-refractivity contribution in [2.45, 2.75) is 19.3 Å². The second kappa shape index (κ2) is 8.97. The van der Waals surface area contributed by atoms with Crippen molar-refractivity contribution < 1.29 is 9.59 Å². The van der Waals surface area contributed by atoms with Crippen LogP contribution in [0, 0.1) is 0 Å². The van der Waals surface area contributed by atoms with Gasteiger partial charge in [0.25, 0.3) is 0 Å². The Hall–Kier alpha value is -1.92. The Morgan fingerprint density at radius 2 is 1.52 bits per heavy atom. The number of amides is 2. The number of anilines is 1. The van der Waals surface area contributed by atoms with E-state index in [4.69, 9.17) is 0 Å². The summed E-state index contributed by atoms with van der Waals surface area (Å²) in [5.74, 6) is 0.325. The molecule has 1 aromatic rings. The summed E-state index contributed by atoms with van der Waals surface area (Å²) >= 11 is 0. The molecule has 2 heterocycles. The SMILES string of the molecule is O=C(CCN1CCN(CC(=O)N2CCCC2)CC1)Nc1ccccc1. The van der Waals surface area contributed by atoms with Crippen LogP contribution in [-0.2, 0) is 9.59 Å². The zero-order valence-corrected chi connectivity index (χ0v) is 14.8. The summed E-state index contributed by atoms with van der Waals surface area (Å²) in [5, 5.41) is 2.92. The minimum absolute atomic E-state index is 0.0536. The minimum Gasteiger partial charge on any atom is -0.342 e. The van der Waals surface area contributed by atoms with E-state index in [2.05, 4.69) is 15.1 Å². The van der Waals surface area contributed by atoms with Gasteiger partial charge in [-0.15, -0.1) is 0 Å². The number of likely N-dealkylation sites (tertiary alicyclic amines) is 1. The van der Waals surface area contributed by atoms with Crippen LogP contribution in [0.25, 0.3) is 0 Å². The summed E-state index contributed by atoms with van der Waals surface area (Å²) in [6.07, 6.45) is 2.79. The number of para-hydroxylation sites is 1. The lowest BCUT2D eigenvalue weighted by Gasteiger charge is -2.34. The Morgan fingerprint density at radius 1 is 0.880 bits per heavy atom. The predicted octanol–water partition coefficient (Wildman–Crippen LogP) is 1.26. The molecule has 2 aliphatic rings. The van der Waals surface area contributed by atoms with E-state index >= 15 is 0 Å². The molecule has 0 aromatic heterocycles. The molecule has 0 radical (unpaired) electrons. The molecule has 0 unspecified atom stereocenters. The molecule has 6 nitrogen and oxygen atoms in total. The van der Waals surface area contributed by atoms with Gasteiger partial charge in [-0.2, -0.15) is 0 Å². The van der Waals surface area contributed by atoms with Gasteiger partial charge in [-0.1, -0.05) is 18.2 Å². The molecule has 2 fully saturated rings. The summed E-state index contributed by atoms with van der Waals surface area (Å²) in [5.41, 5.74) is 0.845. The highest BCUT2D eigenvalue weighted by Crippen LogP contribution is 2.10. The fourth-order valence-electron chi connectivity index (χ4n) is 3.43. The van der Waals surface area contributed by atoms with Gasteiger partial charge in [-0.05, 0) is 25.0 Å². The van der Waals surface area contributed by atoms with Gasteiger partial charge in [0.1, 0.15) is 0 Å². The van der Waals surface area contributed by atoms with Gasteiger partial charge in [0.15, 0.2) is 0 Å². The van der Waals surface area contributed by atoms with Crippen molar-refractivity contribution in [2.75, 3.05) is 57.7 Å². The smallest absolute Gasteiger partial charge is 0.236 e. The average molecular weight is 344 g/mol. The van der Waals surface area contributed by atoms with E-state index in [1.807, 2.05) is 35.2 Å². The molecule has 6 heteroatoms. The molecule has 2 amide bonds. The molecule has 0 bridgehead atoms. The molecular weight excluding hydrogens is 316 g/mol. The molecule has 1 N–H and O–H groups in total. The number of carbonyl (C=O) groups is 2. The topological polar surface area (TPSA) is 55.9 Å². The van der Waals surface area contributed by atoms with Gasteiger partial charge < -0.3 is 15.1 Å². The summed E-state index contributed by atoms with van der Waals surface area (Å²) < 4.78 is 0. The molecule has 0 saturated carbocycles. The summed E-state index contributed by atoms with van der Waals surface area (Å²) in [4.78, 5) is 30.7. The zero-order valence-electron chi connectivity index (χ0n) is 14.8. The lowest BCUT2D eigenvalue weighted by molar-refractivity contribution is -0.131. The lowest BCUT2D eigenvalue weighted by Crippen LogP contribution is -2.50. The van der Waals surface area contributed by atoms with Crippen molar-refractivity contribution >= 4 is 17.5 Å². The normalized spacial score (nSPS) is 19.1.